The van der Waals surface area contributed by atoms with Crippen LogP contribution in [-0.2, 0) is 22.4 Å². The molecule has 1 aliphatic carbocycles. The van der Waals surface area contributed by atoms with Crippen molar-refractivity contribution in [2.45, 2.75) is 25.7 Å². The first-order valence-electron chi connectivity index (χ1n) is 8.83. The van der Waals surface area contributed by atoms with Gasteiger partial charge in [-0.25, -0.2) is 4.79 Å². The van der Waals surface area contributed by atoms with Crippen molar-refractivity contribution in [3.05, 3.63) is 65.7 Å². The highest BCUT2D eigenvalue weighted by Crippen LogP contribution is 2.48. The molecule has 2 N–H and O–H groups in total. The fraction of sp³-hybridized carbons (Fsp3) is 0.333. The van der Waals surface area contributed by atoms with E-state index in [0.717, 1.165) is 31.2 Å². The summed E-state index contributed by atoms with van der Waals surface area (Å²) in [6.07, 6.45) is 3.42. The average molecular weight is 353 g/mol. The summed E-state index contributed by atoms with van der Waals surface area (Å²) in [5, 5.41) is 11.7. The number of aliphatic carboxylic acids is 1. The number of carboxylic acid groups (broad SMARTS) is 1. The Labute approximate surface area is 153 Å². The smallest absolute Gasteiger partial charge is 0.341 e. The Morgan fingerprint density at radius 3 is 2.31 bits per heavy atom. The number of nitrogens with one attached hydrogen (secondary N) is 1. The molecule has 0 aromatic heterocycles. The second-order valence-electron chi connectivity index (χ2n) is 6.77. The van der Waals surface area contributed by atoms with Gasteiger partial charge in [0.15, 0.2) is 6.61 Å². The Morgan fingerprint density at radius 1 is 1.00 bits per heavy atom. The largest absolute Gasteiger partial charge is 0.482 e. The van der Waals surface area contributed by atoms with E-state index in [9.17, 15) is 9.59 Å². The highest BCUT2D eigenvalue weighted by Gasteiger charge is 2.49. The van der Waals surface area contributed by atoms with Crippen molar-refractivity contribution in [3.8, 4) is 5.75 Å². The first-order valence-corrected chi connectivity index (χ1v) is 8.83. The Hall–Kier alpha value is -2.82. The van der Waals surface area contributed by atoms with Gasteiger partial charge in [0.2, 0.25) is 5.91 Å². The lowest BCUT2D eigenvalue weighted by atomic mass is 9.95. The summed E-state index contributed by atoms with van der Waals surface area (Å²) in [5.74, 6) is -0.330. The van der Waals surface area contributed by atoms with Crippen molar-refractivity contribution in [2.75, 3.05) is 13.2 Å². The fourth-order valence-corrected chi connectivity index (χ4v) is 3.03. The Bertz CT molecular complexity index is 751. The van der Waals surface area contributed by atoms with E-state index < -0.39 is 5.97 Å². The van der Waals surface area contributed by atoms with E-state index >= 15 is 0 Å². The van der Waals surface area contributed by atoms with Crippen LogP contribution in [0.15, 0.2) is 54.6 Å². The number of carbonyl (C=O) groups excluding carboxylic acids is 1. The first kappa shape index (κ1) is 18.0. The van der Waals surface area contributed by atoms with Gasteiger partial charge < -0.3 is 15.2 Å². The molecule has 1 saturated carbocycles. The Balaban J connectivity index is 1.44. The molecule has 5 nitrogen and oxygen atoms in total. The van der Waals surface area contributed by atoms with E-state index in [1.807, 2.05) is 30.3 Å². The molecule has 0 unspecified atom stereocenters. The zero-order valence-electron chi connectivity index (χ0n) is 14.6. The van der Waals surface area contributed by atoms with Gasteiger partial charge in [0.05, 0.1) is 5.41 Å². The summed E-state index contributed by atoms with van der Waals surface area (Å²) in [6.45, 7) is 0.240. The normalized spacial score (nSPS) is 14.5. The van der Waals surface area contributed by atoms with Crippen LogP contribution >= 0.6 is 0 Å². The number of carbonyl (C=O) groups is 2. The van der Waals surface area contributed by atoms with Crippen molar-refractivity contribution in [1.82, 2.24) is 5.32 Å². The lowest BCUT2D eigenvalue weighted by Crippen LogP contribution is -2.34. The third kappa shape index (κ3) is 4.85. The average Bonchev–Trinajstić information content (AvgIpc) is 3.42. The maximum atomic E-state index is 12.5. The lowest BCUT2D eigenvalue weighted by molar-refractivity contribution is -0.139. The van der Waals surface area contributed by atoms with Gasteiger partial charge >= 0.3 is 5.97 Å². The van der Waals surface area contributed by atoms with Crippen molar-refractivity contribution in [3.63, 3.8) is 0 Å². The van der Waals surface area contributed by atoms with E-state index in [4.69, 9.17) is 9.84 Å². The van der Waals surface area contributed by atoms with Crippen LogP contribution in [0.1, 0.15) is 24.0 Å². The van der Waals surface area contributed by atoms with Crippen molar-refractivity contribution < 1.29 is 19.4 Å². The zero-order valence-corrected chi connectivity index (χ0v) is 14.6. The topological polar surface area (TPSA) is 75.6 Å². The van der Waals surface area contributed by atoms with Crippen LogP contribution < -0.4 is 10.1 Å². The van der Waals surface area contributed by atoms with Gasteiger partial charge in [-0.05, 0) is 48.9 Å². The quantitative estimate of drug-likeness (QED) is 0.727. The minimum Gasteiger partial charge on any atom is -0.482 e. The molecule has 0 bridgehead atoms. The second-order valence-corrected chi connectivity index (χ2v) is 6.77. The highest BCUT2D eigenvalue weighted by molar-refractivity contribution is 5.85. The number of amides is 1. The standard InChI is InChI=1S/C21H23NO4/c23-19(24)15-26-18-8-6-16(7-9-18)10-13-22-20(25)21(11-12-21)14-17-4-2-1-3-5-17/h1-9H,10-15H2,(H,22,25)(H,23,24). The molecule has 2 aromatic rings. The number of rotatable bonds is 9. The summed E-state index contributed by atoms with van der Waals surface area (Å²) in [7, 11) is 0. The number of ether oxygens (including phenoxy) is 1. The third-order valence-electron chi connectivity index (χ3n) is 4.71. The van der Waals surface area contributed by atoms with Crippen molar-refractivity contribution in [2.24, 2.45) is 5.41 Å². The predicted octanol–water partition coefficient (Wildman–Crippen LogP) is 2.83. The van der Waals surface area contributed by atoms with Crippen LogP contribution in [0.25, 0.3) is 0 Å². The molecule has 1 aliphatic rings. The van der Waals surface area contributed by atoms with Crippen LogP contribution in [0, 0.1) is 5.41 Å². The van der Waals surface area contributed by atoms with E-state index in [1.165, 1.54) is 5.56 Å². The molecule has 0 radical (unpaired) electrons. The maximum Gasteiger partial charge on any atom is 0.341 e. The molecule has 1 amide bonds. The number of benzene rings is 2. The molecule has 0 aliphatic heterocycles. The monoisotopic (exact) mass is 353 g/mol. The van der Waals surface area contributed by atoms with E-state index in [1.54, 1.807) is 12.1 Å². The SMILES string of the molecule is O=C(O)COc1ccc(CCNC(=O)C2(Cc3ccccc3)CC2)cc1. The van der Waals surface area contributed by atoms with E-state index in [2.05, 4.69) is 17.4 Å². The van der Waals surface area contributed by atoms with Gasteiger partial charge in [-0.2, -0.15) is 0 Å². The summed E-state index contributed by atoms with van der Waals surface area (Å²) >= 11 is 0. The molecule has 0 spiro atoms. The zero-order chi connectivity index (χ0) is 18.4. The molecular weight excluding hydrogens is 330 g/mol. The van der Waals surface area contributed by atoms with Gasteiger partial charge in [0.1, 0.15) is 5.75 Å². The molecule has 26 heavy (non-hydrogen) atoms. The molecule has 1 fully saturated rings. The number of hydrogen-bond donors (Lipinski definition) is 2. The lowest BCUT2D eigenvalue weighted by Gasteiger charge is -2.15. The minimum atomic E-state index is -0.999. The van der Waals surface area contributed by atoms with Gasteiger partial charge in [-0.15, -0.1) is 0 Å². The third-order valence-corrected chi connectivity index (χ3v) is 4.71. The van der Waals surface area contributed by atoms with Crippen molar-refractivity contribution >= 4 is 11.9 Å². The summed E-state index contributed by atoms with van der Waals surface area (Å²) in [6, 6.07) is 17.4. The highest BCUT2D eigenvalue weighted by atomic mass is 16.5. The fourth-order valence-electron chi connectivity index (χ4n) is 3.03. The molecule has 5 heteroatoms. The van der Waals surface area contributed by atoms with Gasteiger partial charge in [0, 0.05) is 6.54 Å². The van der Waals surface area contributed by atoms with Crippen LogP contribution in [0.2, 0.25) is 0 Å². The van der Waals surface area contributed by atoms with Crippen LogP contribution in [-0.4, -0.2) is 30.1 Å². The maximum absolute atomic E-state index is 12.5. The van der Waals surface area contributed by atoms with E-state index in [-0.39, 0.29) is 17.9 Å². The summed E-state index contributed by atoms with van der Waals surface area (Å²) < 4.78 is 5.11. The van der Waals surface area contributed by atoms with Gasteiger partial charge in [0.25, 0.3) is 0 Å². The van der Waals surface area contributed by atoms with Gasteiger partial charge in [-0.3, -0.25) is 4.79 Å². The predicted molar refractivity (Wildman–Crippen MR) is 98.1 cm³/mol. The Kier molecular flexibility index (Phi) is 5.56. The molecule has 0 atom stereocenters. The van der Waals surface area contributed by atoms with Crippen LogP contribution in [0.3, 0.4) is 0 Å². The Morgan fingerprint density at radius 2 is 1.69 bits per heavy atom. The van der Waals surface area contributed by atoms with Crippen LogP contribution in [0.5, 0.6) is 5.75 Å². The number of hydrogen-bond acceptors (Lipinski definition) is 3. The molecular formula is C21H23NO4. The van der Waals surface area contributed by atoms with Gasteiger partial charge in [-0.1, -0.05) is 42.5 Å². The first-order chi connectivity index (χ1) is 12.6. The molecule has 2 aromatic carbocycles. The summed E-state index contributed by atoms with van der Waals surface area (Å²) in [5.41, 5.74) is 2.05. The minimum absolute atomic E-state index is 0.141. The number of carboxylic acids is 1. The van der Waals surface area contributed by atoms with Crippen molar-refractivity contribution in [1.29, 1.82) is 0 Å². The summed E-state index contributed by atoms with van der Waals surface area (Å²) in [4.78, 5) is 23.0. The molecule has 0 saturated heterocycles. The molecule has 3 rings (SSSR count). The van der Waals surface area contributed by atoms with E-state index in [0.29, 0.717) is 12.3 Å². The second kappa shape index (κ2) is 8.04. The molecule has 136 valence electrons. The van der Waals surface area contributed by atoms with Crippen LogP contribution in [0.4, 0.5) is 0 Å². The molecule has 0 heterocycles.